The van der Waals surface area contributed by atoms with Crippen LogP contribution in [0.15, 0.2) is 66.7 Å². The lowest BCUT2D eigenvalue weighted by Crippen LogP contribution is -2.35. The Morgan fingerprint density at radius 3 is 2.12 bits per heavy atom. The molecule has 33 heavy (non-hydrogen) atoms. The summed E-state index contributed by atoms with van der Waals surface area (Å²) in [5.74, 6) is -3.17. The second-order valence-electron chi connectivity index (χ2n) is 6.91. The van der Waals surface area contributed by atoms with Gasteiger partial charge in [-0.05, 0) is 61.0 Å². The van der Waals surface area contributed by atoms with Crippen molar-refractivity contribution >= 4 is 17.6 Å². The average Bonchev–Trinajstić information content (AvgIpc) is 2.74. The Bertz CT molecular complexity index is 1140. The van der Waals surface area contributed by atoms with E-state index in [4.69, 9.17) is 4.74 Å². The highest BCUT2D eigenvalue weighted by Gasteiger charge is 2.30. The summed E-state index contributed by atoms with van der Waals surface area (Å²) < 4.78 is 71.5. The third-order valence-corrected chi connectivity index (χ3v) is 4.53. The zero-order valence-corrected chi connectivity index (χ0v) is 17.0. The molecule has 3 rings (SSSR count). The van der Waals surface area contributed by atoms with Crippen LogP contribution in [-0.4, -0.2) is 11.9 Å². The van der Waals surface area contributed by atoms with Crippen LogP contribution in [0, 0.1) is 11.6 Å². The van der Waals surface area contributed by atoms with E-state index in [1.165, 1.54) is 36.4 Å². The molecule has 10 heteroatoms. The minimum Gasteiger partial charge on any atom is -0.486 e. The van der Waals surface area contributed by atoms with Crippen LogP contribution in [0.2, 0.25) is 0 Å². The summed E-state index contributed by atoms with van der Waals surface area (Å²) in [6.07, 6.45) is -5.16. The van der Waals surface area contributed by atoms with Gasteiger partial charge < -0.3 is 10.1 Å². The molecular weight excluding hydrogens is 447 g/mol. The Morgan fingerprint density at radius 1 is 0.909 bits per heavy atom. The van der Waals surface area contributed by atoms with Gasteiger partial charge in [0.05, 0.1) is 5.56 Å². The molecule has 172 valence electrons. The fraction of sp³-hybridized carbons (Fsp3) is 0.130. The van der Waals surface area contributed by atoms with Gasteiger partial charge in [-0.2, -0.15) is 13.2 Å². The molecular formula is C23H17F5N2O3. The van der Waals surface area contributed by atoms with Crippen molar-refractivity contribution in [2.75, 3.05) is 5.32 Å². The van der Waals surface area contributed by atoms with Crippen molar-refractivity contribution in [1.82, 2.24) is 5.32 Å². The van der Waals surface area contributed by atoms with Crippen LogP contribution in [0.3, 0.4) is 0 Å². The Labute approximate surface area is 185 Å². The van der Waals surface area contributed by atoms with Crippen molar-refractivity contribution in [3.05, 3.63) is 95.1 Å². The number of hydrogen-bond acceptors (Lipinski definition) is 3. The van der Waals surface area contributed by atoms with E-state index in [1.807, 2.05) is 5.32 Å². The van der Waals surface area contributed by atoms with E-state index in [1.54, 1.807) is 6.92 Å². The Kier molecular flexibility index (Phi) is 6.95. The van der Waals surface area contributed by atoms with E-state index in [9.17, 15) is 31.5 Å². The molecule has 3 amide bonds. The lowest BCUT2D eigenvalue weighted by Gasteiger charge is -2.17. The van der Waals surface area contributed by atoms with Gasteiger partial charge in [-0.3, -0.25) is 10.1 Å². The molecule has 1 unspecified atom stereocenters. The lowest BCUT2D eigenvalue weighted by atomic mass is 10.1. The number of hydrogen-bond donors (Lipinski definition) is 2. The first-order chi connectivity index (χ1) is 15.5. The number of amides is 3. The molecule has 0 saturated heterocycles. The molecule has 0 aliphatic rings. The maximum atomic E-state index is 13.6. The molecule has 1 atom stereocenters. The number of urea groups is 1. The molecule has 0 fully saturated rings. The van der Waals surface area contributed by atoms with Gasteiger partial charge >= 0.3 is 12.2 Å². The largest absolute Gasteiger partial charge is 0.486 e. The van der Waals surface area contributed by atoms with E-state index in [0.29, 0.717) is 11.3 Å². The molecule has 0 saturated carbocycles. The van der Waals surface area contributed by atoms with Gasteiger partial charge in [0.1, 0.15) is 29.1 Å². The van der Waals surface area contributed by atoms with Gasteiger partial charge in [0.2, 0.25) is 0 Å². The third-order valence-electron chi connectivity index (χ3n) is 4.53. The van der Waals surface area contributed by atoms with E-state index in [2.05, 4.69) is 5.32 Å². The maximum Gasteiger partial charge on any atom is 0.416 e. The maximum absolute atomic E-state index is 13.6. The number of alkyl halides is 3. The Hall–Kier alpha value is -3.95. The molecule has 0 heterocycles. The van der Waals surface area contributed by atoms with Crippen molar-refractivity contribution in [3.8, 4) is 5.75 Å². The molecule has 3 aromatic carbocycles. The normalized spacial score (nSPS) is 12.1. The van der Waals surface area contributed by atoms with Gasteiger partial charge in [0.15, 0.2) is 0 Å². The second-order valence-corrected chi connectivity index (χ2v) is 6.91. The number of anilines is 1. The number of carbonyl (C=O) groups is 2. The van der Waals surface area contributed by atoms with Crippen molar-refractivity contribution in [2.24, 2.45) is 0 Å². The molecule has 0 spiro atoms. The van der Waals surface area contributed by atoms with Crippen LogP contribution in [0.1, 0.15) is 34.5 Å². The average molecular weight is 464 g/mol. The van der Waals surface area contributed by atoms with Crippen molar-refractivity contribution < 1.29 is 36.3 Å². The molecule has 2 N–H and O–H groups in total. The highest BCUT2D eigenvalue weighted by Crippen LogP contribution is 2.32. The summed E-state index contributed by atoms with van der Waals surface area (Å²) in [7, 11) is 0. The third kappa shape index (κ3) is 6.06. The highest BCUT2D eigenvalue weighted by molar-refractivity contribution is 6.08. The molecule has 0 aliphatic heterocycles. The van der Waals surface area contributed by atoms with Gasteiger partial charge in [0.25, 0.3) is 5.91 Å². The van der Waals surface area contributed by atoms with Crippen molar-refractivity contribution in [3.63, 3.8) is 0 Å². The van der Waals surface area contributed by atoms with Crippen molar-refractivity contribution in [1.29, 1.82) is 0 Å². The number of halogens is 5. The van der Waals surface area contributed by atoms with Crippen LogP contribution in [-0.2, 0) is 6.18 Å². The SMILES string of the molecule is CC(Oc1ccc(NC(=O)NC(=O)c2c(F)cccc2F)cc1)c1cccc(C(F)(F)F)c1. The topological polar surface area (TPSA) is 67.4 Å². The van der Waals surface area contributed by atoms with E-state index in [0.717, 1.165) is 30.3 Å². The van der Waals surface area contributed by atoms with Gasteiger partial charge in [-0.1, -0.05) is 18.2 Å². The Morgan fingerprint density at radius 2 is 1.52 bits per heavy atom. The van der Waals surface area contributed by atoms with Crippen LogP contribution in [0.25, 0.3) is 0 Å². The quantitative estimate of drug-likeness (QED) is 0.450. The fourth-order valence-corrected chi connectivity index (χ4v) is 2.90. The standard InChI is InChI=1S/C23H17F5N2O3/c1-13(14-4-2-5-15(12-14)23(26,27)28)33-17-10-8-16(9-11-17)29-22(32)30-21(31)20-18(24)6-3-7-19(20)25/h2-13H,1H3,(H2,29,30,31,32). The van der Waals surface area contributed by atoms with Crippen LogP contribution in [0.4, 0.5) is 32.4 Å². The number of nitrogens with one attached hydrogen (secondary N) is 2. The second kappa shape index (κ2) is 9.68. The van der Waals surface area contributed by atoms with E-state index >= 15 is 0 Å². The fourth-order valence-electron chi connectivity index (χ4n) is 2.90. The summed E-state index contributed by atoms with van der Waals surface area (Å²) >= 11 is 0. The van der Waals surface area contributed by atoms with Crippen LogP contribution < -0.4 is 15.4 Å². The number of rotatable bonds is 5. The number of benzene rings is 3. The summed E-state index contributed by atoms with van der Waals surface area (Å²) in [5.41, 5.74) is -1.12. The molecule has 0 radical (unpaired) electrons. The molecule has 0 bridgehead atoms. The van der Waals surface area contributed by atoms with Gasteiger partial charge in [-0.25, -0.2) is 13.6 Å². The summed E-state index contributed by atoms with van der Waals surface area (Å²) in [4.78, 5) is 23.9. The van der Waals surface area contributed by atoms with Gasteiger partial charge in [0, 0.05) is 5.69 Å². The lowest BCUT2D eigenvalue weighted by molar-refractivity contribution is -0.137. The molecule has 0 aliphatic carbocycles. The van der Waals surface area contributed by atoms with Gasteiger partial charge in [-0.15, -0.1) is 0 Å². The zero-order chi connectivity index (χ0) is 24.2. The summed E-state index contributed by atoms with van der Waals surface area (Å²) in [6.45, 7) is 1.59. The number of ether oxygens (including phenoxy) is 1. The monoisotopic (exact) mass is 464 g/mol. The highest BCUT2D eigenvalue weighted by atomic mass is 19.4. The van der Waals surface area contributed by atoms with Crippen molar-refractivity contribution in [2.45, 2.75) is 19.2 Å². The summed E-state index contributed by atoms with van der Waals surface area (Å²) in [6, 6.07) is 12.3. The van der Waals surface area contributed by atoms with E-state index in [-0.39, 0.29) is 5.69 Å². The number of carbonyl (C=O) groups excluding carboxylic acids is 2. The number of imide groups is 1. The predicted molar refractivity (Wildman–Crippen MR) is 110 cm³/mol. The van der Waals surface area contributed by atoms with Crippen LogP contribution >= 0.6 is 0 Å². The Balaban J connectivity index is 1.60. The minimum absolute atomic E-state index is 0.230. The smallest absolute Gasteiger partial charge is 0.416 e. The molecule has 3 aromatic rings. The van der Waals surface area contributed by atoms with E-state index < -0.39 is 47.0 Å². The predicted octanol–water partition coefficient (Wildman–Crippen LogP) is 6.09. The first-order valence-corrected chi connectivity index (χ1v) is 9.55. The zero-order valence-electron chi connectivity index (χ0n) is 17.0. The molecule has 5 nitrogen and oxygen atoms in total. The summed E-state index contributed by atoms with van der Waals surface area (Å²) in [5, 5.41) is 4.14. The minimum atomic E-state index is -4.47. The first kappa shape index (κ1) is 23.7. The van der Waals surface area contributed by atoms with Crippen LogP contribution in [0.5, 0.6) is 5.75 Å². The first-order valence-electron chi connectivity index (χ1n) is 9.55. The molecule has 0 aromatic heterocycles.